The molecule has 3 aliphatic carbocycles. The van der Waals surface area contributed by atoms with Gasteiger partial charge in [-0.3, -0.25) is 0 Å². The summed E-state index contributed by atoms with van der Waals surface area (Å²) in [6, 6.07) is 0. The highest BCUT2D eigenvalue weighted by atomic mass is 16.3. The number of fused-ring (bicyclic) bond motifs is 1. The molecule has 0 unspecified atom stereocenters. The van der Waals surface area contributed by atoms with Crippen LogP contribution in [0.3, 0.4) is 0 Å². The minimum atomic E-state index is 0.0642. The molecule has 2 heteroatoms. The van der Waals surface area contributed by atoms with E-state index in [9.17, 15) is 0 Å². The van der Waals surface area contributed by atoms with Gasteiger partial charge in [0.05, 0.1) is 7.85 Å². The van der Waals surface area contributed by atoms with Crippen LogP contribution in [-0.4, -0.2) is 19.6 Å². The van der Waals surface area contributed by atoms with E-state index in [1.165, 1.54) is 25.7 Å². The maximum atomic E-state index is 8.88. The molecule has 3 saturated carbocycles. The zero-order valence-electron chi connectivity index (χ0n) is 6.77. The van der Waals surface area contributed by atoms with E-state index >= 15 is 0 Å². The van der Waals surface area contributed by atoms with Crippen LogP contribution in [0.1, 0.15) is 32.1 Å². The standard InChI is InChI=1S/C9H13BO/c10-9(5-6-11)7(1-2-7)8(9)3-4-8/h11H,1-6H2. The van der Waals surface area contributed by atoms with Gasteiger partial charge in [-0.15, -0.1) is 0 Å². The number of hydrogen-bond donors (Lipinski definition) is 1. The van der Waals surface area contributed by atoms with Gasteiger partial charge in [0.15, 0.2) is 0 Å². The first-order valence-corrected chi connectivity index (χ1v) is 4.62. The molecule has 0 atom stereocenters. The van der Waals surface area contributed by atoms with E-state index in [0.717, 1.165) is 6.42 Å². The molecule has 0 aliphatic heterocycles. The van der Waals surface area contributed by atoms with Gasteiger partial charge < -0.3 is 5.11 Å². The Balaban J connectivity index is 1.90. The summed E-state index contributed by atoms with van der Waals surface area (Å²) in [5, 5.41) is 8.95. The molecule has 0 aromatic carbocycles. The highest BCUT2D eigenvalue weighted by molar-refractivity contribution is 6.20. The second-order valence-electron chi connectivity index (χ2n) is 4.61. The van der Waals surface area contributed by atoms with Gasteiger partial charge in [0.1, 0.15) is 0 Å². The summed E-state index contributed by atoms with van der Waals surface area (Å²) >= 11 is 0. The van der Waals surface area contributed by atoms with Gasteiger partial charge in [0.25, 0.3) is 0 Å². The third kappa shape index (κ3) is 0.424. The average Bonchev–Trinajstić information content (AvgIpc) is 2.83. The largest absolute Gasteiger partial charge is 0.396 e. The maximum absolute atomic E-state index is 8.88. The lowest BCUT2D eigenvalue weighted by atomic mass is 9.75. The van der Waals surface area contributed by atoms with Crippen molar-refractivity contribution in [3.8, 4) is 0 Å². The van der Waals surface area contributed by atoms with Crippen molar-refractivity contribution in [1.82, 2.24) is 0 Å². The Hall–Kier alpha value is 0.0249. The molecule has 58 valence electrons. The van der Waals surface area contributed by atoms with Crippen LogP contribution in [-0.2, 0) is 0 Å². The third-order valence-corrected chi connectivity index (χ3v) is 4.57. The van der Waals surface area contributed by atoms with Crippen LogP contribution in [0.2, 0.25) is 5.31 Å². The van der Waals surface area contributed by atoms with Crippen LogP contribution in [0.15, 0.2) is 0 Å². The van der Waals surface area contributed by atoms with Gasteiger partial charge in [0, 0.05) is 6.61 Å². The first kappa shape index (κ1) is 6.53. The molecule has 3 aliphatic rings. The smallest absolute Gasteiger partial charge is 0.0763 e. The van der Waals surface area contributed by atoms with Crippen LogP contribution in [0.5, 0.6) is 0 Å². The Kier molecular flexibility index (Phi) is 0.840. The molecule has 1 nitrogen and oxygen atoms in total. The van der Waals surface area contributed by atoms with Crippen molar-refractivity contribution in [3.63, 3.8) is 0 Å². The molecule has 3 rings (SSSR count). The second kappa shape index (κ2) is 1.41. The fourth-order valence-corrected chi connectivity index (χ4v) is 3.72. The van der Waals surface area contributed by atoms with Gasteiger partial charge in [-0.1, -0.05) is 5.31 Å². The Morgan fingerprint density at radius 1 is 1.09 bits per heavy atom. The number of aliphatic hydroxyl groups is 1. The van der Waals surface area contributed by atoms with Crippen molar-refractivity contribution in [2.45, 2.75) is 37.4 Å². The summed E-state index contributed by atoms with van der Waals surface area (Å²) in [5.74, 6) is 0. The summed E-state index contributed by atoms with van der Waals surface area (Å²) < 4.78 is 0. The van der Waals surface area contributed by atoms with Gasteiger partial charge in [-0.2, -0.15) is 0 Å². The zero-order chi connectivity index (χ0) is 7.74. The van der Waals surface area contributed by atoms with E-state index in [0.29, 0.717) is 10.8 Å². The molecule has 0 heterocycles. The van der Waals surface area contributed by atoms with Gasteiger partial charge in [-0.25, -0.2) is 0 Å². The van der Waals surface area contributed by atoms with Crippen molar-refractivity contribution < 1.29 is 5.11 Å². The molecule has 0 amide bonds. The maximum Gasteiger partial charge on any atom is 0.0763 e. The predicted molar refractivity (Wildman–Crippen MR) is 43.5 cm³/mol. The third-order valence-electron chi connectivity index (χ3n) is 4.57. The van der Waals surface area contributed by atoms with E-state index < -0.39 is 0 Å². The van der Waals surface area contributed by atoms with Crippen LogP contribution in [0.25, 0.3) is 0 Å². The normalized spacial score (nSPS) is 46.3. The van der Waals surface area contributed by atoms with Crippen LogP contribution in [0, 0.1) is 10.8 Å². The predicted octanol–water partition coefficient (Wildman–Crippen LogP) is 1.27. The van der Waals surface area contributed by atoms with Gasteiger partial charge in [-0.05, 0) is 42.9 Å². The lowest BCUT2D eigenvalue weighted by Crippen LogP contribution is -2.00. The average molecular weight is 148 g/mol. The Bertz CT molecular complexity index is 198. The SMILES string of the molecule is [B]C1(CCO)C2(CC2)C12CC2. The summed E-state index contributed by atoms with van der Waals surface area (Å²) in [7, 11) is 6.28. The molecule has 0 saturated heterocycles. The highest BCUT2D eigenvalue weighted by Gasteiger charge is 2.91. The van der Waals surface area contributed by atoms with Gasteiger partial charge in [0.2, 0.25) is 0 Å². The summed E-state index contributed by atoms with van der Waals surface area (Å²) in [6.07, 6.45) is 6.19. The van der Waals surface area contributed by atoms with Crippen LogP contribution >= 0.6 is 0 Å². The van der Waals surface area contributed by atoms with E-state index in [2.05, 4.69) is 0 Å². The molecule has 0 aromatic rings. The first-order valence-electron chi connectivity index (χ1n) is 4.62. The Labute approximate surface area is 68.6 Å². The Morgan fingerprint density at radius 2 is 1.55 bits per heavy atom. The number of rotatable bonds is 2. The van der Waals surface area contributed by atoms with Gasteiger partial charge >= 0.3 is 0 Å². The highest BCUT2D eigenvalue weighted by Crippen LogP contribution is 3.02. The van der Waals surface area contributed by atoms with Crippen molar-refractivity contribution in [1.29, 1.82) is 0 Å². The van der Waals surface area contributed by atoms with Crippen molar-refractivity contribution >= 4 is 7.85 Å². The van der Waals surface area contributed by atoms with E-state index in [4.69, 9.17) is 13.0 Å². The molecular weight excluding hydrogens is 135 g/mol. The molecule has 0 bridgehead atoms. The summed E-state index contributed by atoms with van der Waals surface area (Å²) in [6.45, 7) is 0.278. The van der Waals surface area contributed by atoms with Crippen LogP contribution in [0.4, 0.5) is 0 Å². The topological polar surface area (TPSA) is 20.2 Å². The van der Waals surface area contributed by atoms with Crippen LogP contribution < -0.4 is 0 Å². The molecule has 11 heavy (non-hydrogen) atoms. The van der Waals surface area contributed by atoms with E-state index in [1.807, 2.05) is 0 Å². The molecular formula is C9H13BO. The lowest BCUT2D eigenvalue weighted by molar-refractivity contribution is 0.277. The van der Waals surface area contributed by atoms with Crippen molar-refractivity contribution in [2.24, 2.45) is 10.8 Å². The Morgan fingerprint density at radius 3 is 1.82 bits per heavy atom. The van der Waals surface area contributed by atoms with E-state index in [1.54, 1.807) is 0 Å². The van der Waals surface area contributed by atoms with Crippen molar-refractivity contribution in [2.75, 3.05) is 6.61 Å². The fraction of sp³-hybridized carbons (Fsp3) is 1.00. The minimum Gasteiger partial charge on any atom is -0.396 e. The minimum absolute atomic E-state index is 0.0642. The summed E-state index contributed by atoms with van der Waals surface area (Å²) in [5.41, 5.74) is 1.06. The number of hydrogen-bond acceptors (Lipinski definition) is 1. The monoisotopic (exact) mass is 148 g/mol. The molecule has 1 N–H and O–H groups in total. The number of aliphatic hydroxyl groups excluding tert-OH is 1. The van der Waals surface area contributed by atoms with E-state index in [-0.39, 0.29) is 11.9 Å². The fourth-order valence-electron chi connectivity index (χ4n) is 3.72. The quantitative estimate of drug-likeness (QED) is 0.584. The summed E-state index contributed by atoms with van der Waals surface area (Å²) in [4.78, 5) is 0. The van der Waals surface area contributed by atoms with Crippen molar-refractivity contribution in [3.05, 3.63) is 0 Å². The molecule has 0 aromatic heterocycles. The zero-order valence-corrected chi connectivity index (χ0v) is 6.77. The molecule has 2 spiro atoms. The first-order chi connectivity index (χ1) is 5.22. The second-order valence-corrected chi connectivity index (χ2v) is 4.61. The molecule has 2 radical (unpaired) electrons. The molecule has 3 fully saturated rings. The lowest BCUT2D eigenvalue weighted by Gasteiger charge is -2.07.